The van der Waals surface area contributed by atoms with Gasteiger partial charge in [-0.3, -0.25) is 4.79 Å². The molecule has 3 aromatic rings. The van der Waals surface area contributed by atoms with E-state index in [4.69, 9.17) is 4.74 Å². The minimum absolute atomic E-state index is 0.180. The zero-order valence-corrected chi connectivity index (χ0v) is 15.1. The molecule has 1 aromatic heterocycles. The smallest absolute Gasteiger partial charge is 0.313 e. The first-order valence-electron chi connectivity index (χ1n) is 8.44. The van der Waals surface area contributed by atoms with Gasteiger partial charge in [0.25, 0.3) is 0 Å². The van der Waals surface area contributed by atoms with Crippen molar-refractivity contribution in [3.63, 3.8) is 0 Å². The number of rotatable bonds is 4. The van der Waals surface area contributed by atoms with Gasteiger partial charge in [0.2, 0.25) is 5.88 Å². The molecule has 134 valence electrons. The lowest BCUT2D eigenvalue weighted by Gasteiger charge is -2.16. The van der Waals surface area contributed by atoms with Crippen molar-refractivity contribution in [2.24, 2.45) is 5.41 Å². The molecule has 0 aliphatic rings. The third-order valence-electron chi connectivity index (χ3n) is 3.71. The molecule has 0 bridgehead atoms. The third-order valence-corrected chi connectivity index (χ3v) is 3.71. The summed E-state index contributed by atoms with van der Waals surface area (Å²) in [6.45, 7) is 5.92. The predicted octanol–water partition coefficient (Wildman–Crippen LogP) is 5.02. The van der Waals surface area contributed by atoms with E-state index >= 15 is 0 Å². The van der Waals surface area contributed by atoms with Gasteiger partial charge in [-0.05, 0) is 29.7 Å². The SMILES string of the molecule is CC(C)(C)CC(=O)Oc1cc(-c2ccccc2)nn1-c1ccc(F)cc1. The van der Waals surface area contributed by atoms with Crippen LogP contribution in [0.5, 0.6) is 5.88 Å². The number of benzene rings is 2. The number of halogens is 1. The van der Waals surface area contributed by atoms with E-state index in [9.17, 15) is 9.18 Å². The Balaban J connectivity index is 1.99. The highest BCUT2D eigenvalue weighted by Gasteiger charge is 2.20. The van der Waals surface area contributed by atoms with E-state index in [1.165, 1.54) is 16.8 Å². The average Bonchev–Trinajstić information content (AvgIpc) is 2.98. The Morgan fingerprint density at radius 2 is 1.73 bits per heavy atom. The van der Waals surface area contributed by atoms with Gasteiger partial charge >= 0.3 is 5.97 Å². The topological polar surface area (TPSA) is 44.1 Å². The molecule has 2 aromatic carbocycles. The number of hydrogen-bond donors (Lipinski definition) is 0. The Kier molecular flexibility index (Phi) is 4.89. The van der Waals surface area contributed by atoms with Gasteiger partial charge in [0, 0.05) is 11.6 Å². The van der Waals surface area contributed by atoms with Crippen LogP contribution in [0, 0.1) is 11.2 Å². The molecular formula is C21H21FN2O2. The van der Waals surface area contributed by atoms with Crippen LogP contribution in [0.25, 0.3) is 16.9 Å². The van der Waals surface area contributed by atoms with E-state index in [0.29, 0.717) is 17.3 Å². The first-order chi connectivity index (χ1) is 12.3. The monoisotopic (exact) mass is 352 g/mol. The Hall–Kier alpha value is -2.95. The first kappa shape index (κ1) is 17.9. The van der Waals surface area contributed by atoms with Crippen molar-refractivity contribution >= 4 is 5.97 Å². The van der Waals surface area contributed by atoms with Gasteiger partial charge in [-0.2, -0.15) is 5.10 Å². The molecule has 0 aliphatic heterocycles. The summed E-state index contributed by atoms with van der Waals surface area (Å²) >= 11 is 0. The fraction of sp³-hybridized carbons (Fsp3) is 0.238. The standard InChI is InChI=1S/C21H21FN2O2/c1-21(2,3)14-20(25)26-19-13-18(15-7-5-4-6-8-15)23-24(19)17-11-9-16(22)10-12-17/h4-13H,14H2,1-3H3. The molecule has 3 rings (SSSR count). The van der Waals surface area contributed by atoms with Gasteiger partial charge in [0.05, 0.1) is 17.8 Å². The number of esters is 1. The molecule has 0 saturated carbocycles. The van der Waals surface area contributed by atoms with Gasteiger partial charge in [-0.25, -0.2) is 9.07 Å². The lowest BCUT2D eigenvalue weighted by Crippen LogP contribution is -2.18. The summed E-state index contributed by atoms with van der Waals surface area (Å²) < 4.78 is 20.3. The van der Waals surface area contributed by atoms with Crippen LogP contribution in [0.1, 0.15) is 27.2 Å². The Morgan fingerprint density at radius 1 is 1.08 bits per heavy atom. The van der Waals surface area contributed by atoms with E-state index in [2.05, 4.69) is 5.10 Å². The Morgan fingerprint density at radius 3 is 2.35 bits per heavy atom. The van der Waals surface area contributed by atoms with Gasteiger partial charge < -0.3 is 4.74 Å². The molecular weight excluding hydrogens is 331 g/mol. The van der Waals surface area contributed by atoms with E-state index < -0.39 is 0 Å². The summed E-state index contributed by atoms with van der Waals surface area (Å²) in [4.78, 5) is 12.3. The minimum atomic E-state index is -0.338. The lowest BCUT2D eigenvalue weighted by atomic mass is 9.92. The summed E-state index contributed by atoms with van der Waals surface area (Å²) in [6.07, 6.45) is 0.280. The Labute approximate surface area is 152 Å². The second-order valence-electron chi connectivity index (χ2n) is 7.33. The molecule has 0 atom stereocenters. The average molecular weight is 352 g/mol. The molecule has 0 fully saturated rings. The molecule has 5 heteroatoms. The maximum Gasteiger partial charge on any atom is 0.313 e. The van der Waals surface area contributed by atoms with Crippen LogP contribution < -0.4 is 4.74 Å². The van der Waals surface area contributed by atoms with Crippen LogP contribution in [0.15, 0.2) is 60.7 Å². The van der Waals surface area contributed by atoms with E-state index in [-0.39, 0.29) is 23.6 Å². The molecule has 0 radical (unpaired) electrons. The van der Waals surface area contributed by atoms with Crippen molar-refractivity contribution in [3.05, 3.63) is 66.5 Å². The van der Waals surface area contributed by atoms with Crippen molar-refractivity contribution in [1.29, 1.82) is 0 Å². The fourth-order valence-electron chi connectivity index (χ4n) is 2.54. The number of nitrogens with zero attached hydrogens (tertiary/aromatic N) is 2. The van der Waals surface area contributed by atoms with Crippen molar-refractivity contribution in [1.82, 2.24) is 9.78 Å². The lowest BCUT2D eigenvalue weighted by molar-refractivity contribution is -0.136. The van der Waals surface area contributed by atoms with Crippen molar-refractivity contribution in [2.45, 2.75) is 27.2 Å². The highest BCUT2D eigenvalue weighted by molar-refractivity contribution is 5.73. The van der Waals surface area contributed by atoms with E-state index in [0.717, 1.165) is 5.56 Å². The van der Waals surface area contributed by atoms with Gasteiger partial charge in [0.1, 0.15) is 5.82 Å². The summed E-state index contributed by atoms with van der Waals surface area (Å²) in [5.41, 5.74) is 2.02. The summed E-state index contributed by atoms with van der Waals surface area (Å²) in [7, 11) is 0. The molecule has 4 nitrogen and oxygen atoms in total. The second kappa shape index (κ2) is 7.12. The van der Waals surface area contributed by atoms with Crippen molar-refractivity contribution < 1.29 is 13.9 Å². The molecule has 26 heavy (non-hydrogen) atoms. The number of hydrogen-bond acceptors (Lipinski definition) is 3. The molecule has 1 heterocycles. The fourth-order valence-corrected chi connectivity index (χ4v) is 2.54. The molecule has 0 amide bonds. The minimum Gasteiger partial charge on any atom is -0.407 e. The molecule has 0 unspecified atom stereocenters. The largest absolute Gasteiger partial charge is 0.407 e. The zero-order valence-electron chi connectivity index (χ0n) is 15.1. The van der Waals surface area contributed by atoms with E-state index in [1.54, 1.807) is 18.2 Å². The summed E-state index contributed by atoms with van der Waals surface area (Å²) in [5, 5.41) is 4.55. The van der Waals surface area contributed by atoms with Crippen LogP contribution in [0.3, 0.4) is 0 Å². The quantitative estimate of drug-likeness (QED) is 0.619. The summed E-state index contributed by atoms with van der Waals surface area (Å²) in [6, 6.07) is 17.2. The van der Waals surface area contributed by atoms with Crippen LogP contribution in [-0.2, 0) is 4.79 Å². The number of ether oxygens (including phenoxy) is 1. The van der Waals surface area contributed by atoms with Gasteiger partial charge in [0.15, 0.2) is 0 Å². The maximum atomic E-state index is 13.3. The molecule has 0 aliphatic carbocycles. The number of aromatic nitrogens is 2. The maximum absolute atomic E-state index is 13.3. The van der Waals surface area contributed by atoms with Crippen LogP contribution in [0.2, 0.25) is 0 Å². The normalized spacial score (nSPS) is 11.4. The van der Waals surface area contributed by atoms with E-state index in [1.807, 2.05) is 51.1 Å². The third kappa shape index (κ3) is 4.36. The van der Waals surface area contributed by atoms with Crippen LogP contribution in [-0.4, -0.2) is 15.7 Å². The summed E-state index contributed by atoms with van der Waals surface area (Å²) in [5.74, 6) is -0.361. The van der Waals surface area contributed by atoms with Gasteiger partial charge in [-0.15, -0.1) is 0 Å². The molecule has 0 saturated heterocycles. The van der Waals surface area contributed by atoms with Crippen LogP contribution in [0.4, 0.5) is 4.39 Å². The predicted molar refractivity (Wildman–Crippen MR) is 98.7 cm³/mol. The van der Waals surface area contributed by atoms with Gasteiger partial charge in [-0.1, -0.05) is 51.1 Å². The highest BCUT2D eigenvalue weighted by Crippen LogP contribution is 2.28. The van der Waals surface area contributed by atoms with Crippen molar-refractivity contribution in [3.8, 4) is 22.8 Å². The zero-order chi connectivity index (χ0) is 18.7. The molecule has 0 spiro atoms. The van der Waals surface area contributed by atoms with Crippen LogP contribution >= 0.6 is 0 Å². The first-order valence-corrected chi connectivity index (χ1v) is 8.44. The molecule has 0 N–H and O–H groups in total. The number of carbonyl (C=O) groups excluding carboxylic acids is 1. The highest BCUT2D eigenvalue weighted by atomic mass is 19.1. The number of carbonyl (C=O) groups is 1. The second-order valence-corrected chi connectivity index (χ2v) is 7.33. The Bertz CT molecular complexity index is 894. The van der Waals surface area contributed by atoms with Crippen molar-refractivity contribution in [2.75, 3.05) is 0 Å².